The van der Waals surface area contributed by atoms with E-state index in [2.05, 4.69) is 21.9 Å². The van der Waals surface area contributed by atoms with Crippen LogP contribution >= 0.6 is 0 Å². The van der Waals surface area contributed by atoms with Crippen LogP contribution in [0.15, 0.2) is 61.2 Å². The van der Waals surface area contributed by atoms with Crippen molar-refractivity contribution in [2.75, 3.05) is 20.3 Å². The molecule has 55 heavy (non-hydrogen) atoms. The lowest BCUT2D eigenvalue weighted by Gasteiger charge is -2.36. The van der Waals surface area contributed by atoms with Gasteiger partial charge >= 0.3 is 6.09 Å². The highest BCUT2D eigenvalue weighted by Crippen LogP contribution is 2.47. The smallest absolute Gasteiger partial charge is 0.408 e. The fourth-order valence-corrected chi connectivity index (χ4v) is 9.22. The number of amides is 4. The summed E-state index contributed by atoms with van der Waals surface area (Å²) in [5.41, 5.74) is -0.937. The Morgan fingerprint density at radius 3 is 2.27 bits per heavy atom. The molecule has 0 aromatic heterocycles. The van der Waals surface area contributed by atoms with E-state index in [1.807, 2.05) is 76.2 Å². The van der Waals surface area contributed by atoms with Crippen molar-refractivity contribution in [1.29, 1.82) is 0 Å². The van der Waals surface area contributed by atoms with Gasteiger partial charge in [-0.1, -0.05) is 63.2 Å². The van der Waals surface area contributed by atoms with Crippen LogP contribution in [0.5, 0.6) is 5.75 Å². The molecule has 13 nitrogen and oxygen atoms in total. The largest absolute Gasteiger partial charge is 0.494 e. The van der Waals surface area contributed by atoms with E-state index < -0.39 is 73.6 Å². The molecule has 2 aromatic rings. The molecule has 4 aliphatic rings. The first kappa shape index (κ1) is 40.2. The molecule has 6 rings (SSSR count). The zero-order chi connectivity index (χ0) is 39.8. The molecule has 0 unspecified atom stereocenters. The number of methoxy groups -OCH3 is 1. The minimum atomic E-state index is -3.90. The fourth-order valence-electron chi connectivity index (χ4n) is 7.85. The SMILES string of the molecule is C=C[C@@H]1C[C@]1(NC(=O)[C@@H]1C[C@@](OC)(c2ccc(-c3cccc(OCC)c3)cc2)CN1C(=O)[C@@H](NC(=O)OC1CCCC1)C(C)(C)C)C(=O)NS(=O)(=O)C1CC1. The predicted molar refractivity (Wildman–Crippen MR) is 206 cm³/mol. The number of hydrogen-bond acceptors (Lipinski definition) is 9. The zero-order valence-electron chi connectivity index (χ0n) is 32.4. The Balaban J connectivity index is 1.32. The maximum atomic E-state index is 14.8. The molecule has 3 aliphatic carbocycles. The summed E-state index contributed by atoms with van der Waals surface area (Å²) in [6.45, 7) is 11.7. The van der Waals surface area contributed by atoms with Crippen LogP contribution in [-0.4, -0.2) is 86.4 Å². The summed E-state index contributed by atoms with van der Waals surface area (Å²) >= 11 is 0. The molecule has 0 radical (unpaired) electrons. The molecule has 3 N–H and O–H groups in total. The molecule has 3 saturated carbocycles. The number of nitrogens with one attached hydrogen (secondary N) is 3. The Bertz CT molecular complexity index is 1900. The molecule has 5 atom stereocenters. The van der Waals surface area contributed by atoms with Crippen molar-refractivity contribution in [2.45, 2.75) is 114 Å². The first-order valence-corrected chi connectivity index (χ1v) is 20.8. The molecule has 4 fully saturated rings. The van der Waals surface area contributed by atoms with Crippen molar-refractivity contribution in [3.8, 4) is 16.9 Å². The number of rotatable bonds is 14. The number of carbonyl (C=O) groups excluding carboxylic acids is 4. The maximum Gasteiger partial charge on any atom is 0.408 e. The first-order valence-electron chi connectivity index (χ1n) is 19.2. The molecule has 0 bridgehead atoms. The molecule has 2 aromatic carbocycles. The van der Waals surface area contributed by atoms with Gasteiger partial charge in [-0.3, -0.25) is 19.1 Å². The molecule has 1 saturated heterocycles. The van der Waals surface area contributed by atoms with Gasteiger partial charge in [-0.05, 0) is 86.1 Å². The summed E-state index contributed by atoms with van der Waals surface area (Å²) in [4.78, 5) is 57.5. The van der Waals surface area contributed by atoms with Gasteiger partial charge in [-0.2, -0.15) is 0 Å². The van der Waals surface area contributed by atoms with E-state index in [0.29, 0.717) is 25.0 Å². The van der Waals surface area contributed by atoms with Gasteiger partial charge in [0, 0.05) is 19.4 Å². The number of alkyl carbamates (subject to hydrolysis) is 1. The van der Waals surface area contributed by atoms with Crippen LogP contribution < -0.4 is 20.1 Å². The highest BCUT2D eigenvalue weighted by atomic mass is 32.2. The number of hydrogen-bond donors (Lipinski definition) is 3. The summed E-state index contributed by atoms with van der Waals surface area (Å²) in [6, 6.07) is 13.2. The Labute approximate surface area is 324 Å². The second-order valence-corrected chi connectivity index (χ2v) is 18.3. The third-order valence-corrected chi connectivity index (χ3v) is 13.2. The van der Waals surface area contributed by atoms with Crippen LogP contribution in [0.2, 0.25) is 0 Å². The van der Waals surface area contributed by atoms with Crippen molar-refractivity contribution in [3.63, 3.8) is 0 Å². The number of sulfonamides is 1. The van der Waals surface area contributed by atoms with Gasteiger partial charge in [0.2, 0.25) is 21.8 Å². The molecular formula is C41H54N4O9S. The zero-order valence-corrected chi connectivity index (χ0v) is 33.2. The van der Waals surface area contributed by atoms with Crippen molar-refractivity contribution >= 4 is 33.8 Å². The topological polar surface area (TPSA) is 169 Å². The third-order valence-electron chi connectivity index (χ3n) is 11.4. The van der Waals surface area contributed by atoms with Crippen LogP contribution in [0.25, 0.3) is 11.1 Å². The summed E-state index contributed by atoms with van der Waals surface area (Å²) in [5.74, 6) is -1.78. The van der Waals surface area contributed by atoms with E-state index >= 15 is 0 Å². The summed E-state index contributed by atoms with van der Waals surface area (Å²) < 4.78 is 45.3. The average Bonchev–Trinajstić information content (AvgIpc) is 4.04. The monoisotopic (exact) mass is 778 g/mol. The maximum absolute atomic E-state index is 14.8. The lowest BCUT2D eigenvalue weighted by atomic mass is 9.85. The number of nitrogens with zero attached hydrogens (tertiary/aromatic N) is 1. The van der Waals surface area contributed by atoms with Crippen molar-refractivity contribution in [1.82, 2.24) is 20.3 Å². The second-order valence-electron chi connectivity index (χ2n) is 16.4. The van der Waals surface area contributed by atoms with Crippen molar-refractivity contribution in [3.05, 3.63) is 66.7 Å². The lowest BCUT2D eigenvalue weighted by molar-refractivity contribution is -0.143. The molecule has 1 aliphatic heterocycles. The Kier molecular flexibility index (Phi) is 11.4. The second kappa shape index (κ2) is 15.6. The number of carbonyl (C=O) groups is 4. The van der Waals surface area contributed by atoms with Crippen molar-refractivity contribution in [2.24, 2.45) is 11.3 Å². The summed E-state index contributed by atoms with van der Waals surface area (Å²) in [7, 11) is -2.38. The van der Waals surface area contributed by atoms with E-state index in [9.17, 15) is 27.6 Å². The van der Waals surface area contributed by atoms with Gasteiger partial charge in [0.25, 0.3) is 5.91 Å². The van der Waals surface area contributed by atoms with E-state index in [-0.39, 0.29) is 25.5 Å². The first-order chi connectivity index (χ1) is 26.1. The standard InChI is InChI=1S/C41H54N4O9S/c1-7-28-23-41(28,37(48)44-55(50,51)32-20-21-32)43-35(46)33-24-40(52-6,29-18-16-26(17-19-29)27-12-11-15-31(22-27)53-8-2)25-45(33)36(47)34(39(3,4)5)42-38(49)54-30-13-9-10-14-30/h7,11-12,15-19,22,28,30,32-34H,1,8-10,13-14,20-21,23-25H2,2-6H3,(H,42,49)(H,43,46)(H,44,48)/t28-,33+,34-,40+,41-/m1/s1. The quantitative estimate of drug-likeness (QED) is 0.225. The van der Waals surface area contributed by atoms with Gasteiger partial charge in [0.1, 0.15) is 35.1 Å². The lowest BCUT2D eigenvalue weighted by Crippen LogP contribution is -2.60. The van der Waals surface area contributed by atoms with Gasteiger partial charge in [-0.25, -0.2) is 13.2 Å². The Hall–Kier alpha value is -4.43. The Morgan fingerprint density at radius 2 is 1.69 bits per heavy atom. The number of ether oxygens (including phenoxy) is 3. The van der Waals surface area contributed by atoms with Gasteiger partial charge < -0.3 is 29.7 Å². The fraction of sp³-hybridized carbons (Fsp3) is 0.561. The highest BCUT2D eigenvalue weighted by molar-refractivity contribution is 7.91. The number of benzene rings is 2. The number of likely N-dealkylation sites (tertiary alicyclic amines) is 1. The van der Waals surface area contributed by atoms with Crippen LogP contribution in [0.1, 0.15) is 84.6 Å². The van der Waals surface area contributed by atoms with E-state index in [1.165, 1.54) is 18.1 Å². The highest BCUT2D eigenvalue weighted by Gasteiger charge is 2.62. The van der Waals surface area contributed by atoms with Gasteiger partial charge in [0.15, 0.2) is 0 Å². The van der Waals surface area contributed by atoms with E-state index in [1.54, 1.807) is 0 Å². The molecule has 1 heterocycles. The van der Waals surface area contributed by atoms with Gasteiger partial charge in [-0.15, -0.1) is 6.58 Å². The predicted octanol–water partition coefficient (Wildman–Crippen LogP) is 4.95. The average molecular weight is 779 g/mol. The van der Waals surface area contributed by atoms with Crippen molar-refractivity contribution < 1.29 is 41.8 Å². The molecule has 298 valence electrons. The summed E-state index contributed by atoms with van der Waals surface area (Å²) in [5, 5.41) is 5.00. The Morgan fingerprint density at radius 1 is 1.00 bits per heavy atom. The van der Waals surface area contributed by atoms with Gasteiger partial charge in [0.05, 0.1) is 18.4 Å². The van der Waals surface area contributed by atoms with Crippen LogP contribution in [0.3, 0.4) is 0 Å². The van der Waals surface area contributed by atoms with E-state index in [4.69, 9.17) is 14.2 Å². The third kappa shape index (κ3) is 8.55. The molecule has 14 heteroatoms. The minimum absolute atomic E-state index is 0.0143. The molecular weight excluding hydrogens is 725 g/mol. The van der Waals surface area contributed by atoms with E-state index in [0.717, 1.165) is 42.6 Å². The van der Waals surface area contributed by atoms with Crippen LogP contribution in [0.4, 0.5) is 4.79 Å². The van der Waals surface area contributed by atoms with Crippen LogP contribution in [0, 0.1) is 11.3 Å². The molecule has 0 spiro atoms. The normalized spacial score (nSPS) is 25.8. The minimum Gasteiger partial charge on any atom is -0.494 e. The molecule has 4 amide bonds. The summed E-state index contributed by atoms with van der Waals surface area (Å²) in [6.07, 6.45) is 5.10. The van der Waals surface area contributed by atoms with Crippen LogP contribution in [-0.2, 0) is 39.5 Å².